The third-order valence-electron chi connectivity index (χ3n) is 4.47. The van der Waals surface area contributed by atoms with Crippen LogP contribution in [-0.2, 0) is 6.54 Å². The number of nitrogens with zero attached hydrogens (tertiary/aromatic N) is 5. The van der Waals surface area contributed by atoms with Gasteiger partial charge in [-0.1, -0.05) is 71.7 Å². The Labute approximate surface area is 187 Å². The summed E-state index contributed by atoms with van der Waals surface area (Å²) in [6, 6.07) is 15.5. The molecule has 0 aliphatic heterocycles. The van der Waals surface area contributed by atoms with Gasteiger partial charge in [-0.05, 0) is 35.8 Å². The molecule has 2 aromatic heterocycles. The summed E-state index contributed by atoms with van der Waals surface area (Å²) in [7, 11) is 0. The molecular weight excluding hydrogens is 439 g/mol. The monoisotopic (exact) mass is 456 g/mol. The number of aromatic nitrogens is 6. The van der Waals surface area contributed by atoms with Crippen molar-refractivity contribution in [3.8, 4) is 28.4 Å². The van der Waals surface area contributed by atoms with Gasteiger partial charge in [-0.3, -0.25) is 4.79 Å². The van der Waals surface area contributed by atoms with E-state index >= 15 is 0 Å². The first-order valence-electron chi connectivity index (χ1n) is 9.49. The fourth-order valence-electron chi connectivity index (χ4n) is 3.07. The molecule has 4 aromatic rings. The van der Waals surface area contributed by atoms with Crippen molar-refractivity contribution in [3.63, 3.8) is 0 Å². The third-order valence-corrected chi connectivity index (χ3v) is 5.27. The molecule has 4 rings (SSSR count). The molecule has 0 saturated heterocycles. The van der Waals surface area contributed by atoms with Crippen molar-refractivity contribution in [1.82, 2.24) is 30.4 Å². The van der Waals surface area contributed by atoms with E-state index in [9.17, 15) is 4.79 Å². The van der Waals surface area contributed by atoms with E-state index in [1.807, 2.05) is 62.4 Å². The summed E-state index contributed by atoms with van der Waals surface area (Å²) in [4.78, 5) is 12.5. The van der Waals surface area contributed by atoms with Crippen LogP contribution in [0.5, 0.6) is 5.88 Å². The van der Waals surface area contributed by atoms with E-state index in [0.29, 0.717) is 5.82 Å². The molecule has 0 bridgehead atoms. The van der Waals surface area contributed by atoms with E-state index in [-0.39, 0.29) is 28.6 Å². The highest BCUT2D eigenvalue weighted by molar-refractivity contribution is 6.42. The molecule has 0 aliphatic rings. The van der Waals surface area contributed by atoms with Gasteiger partial charge in [-0.15, -0.1) is 15.3 Å². The number of tetrazole rings is 1. The van der Waals surface area contributed by atoms with Crippen LogP contribution in [0, 0.1) is 0 Å². The Morgan fingerprint density at radius 2 is 1.74 bits per heavy atom. The molecule has 0 atom stereocenters. The number of rotatable bonds is 6. The van der Waals surface area contributed by atoms with Crippen LogP contribution in [0.15, 0.2) is 53.3 Å². The number of halogens is 2. The fraction of sp³-hybridized carbons (Fsp3) is 0.190. The molecule has 0 unspecified atom stereocenters. The zero-order valence-electron chi connectivity index (χ0n) is 16.7. The first-order chi connectivity index (χ1) is 14.9. The van der Waals surface area contributed by atoms with Crippen LogP contribution in [0.4, 0.5) is 0 Å². The summed E-state index contributed by atoms with van der Waals surface area (Å²) < 4.78 is 6.82. The van der Waals surface area contributed by atoms with E-state index in [0.717, 1.165) is 22.3 Å². The molecule has 0 fully saturated rings. The molecule has 0 amide bonds. The van der Waals surface area contributed by atoms with Gasteiger partial charge in [0.25, 0.3) is 11.4 Å². The first kappa shape index (κ1) is 21.0. The average molecular weight is 457 g/mol. The van der Waals surface area contributed by atoms with E-state index in [1.165, 1.54) is 4.68 Å². The van der Waals surface area contributed by atoms with Crippen LogP contribution in [0.25, 0.3) is 22.5 Å². The van der Waals surface area contributed by atoms with E-state index in [1.54, 1.807) is 0 Å². The second-order valence-electron chi connectivity index (χ2n) is 7.04. The van der Waals surface area contributed by atoms with Gasteiger partial charge in [0.15, 0.2) is 0 Å². The summed E-state index contributed by atoms with van der Waals surface area (Å²) >= 11 is 12.2. The van der Waals surface area contributed by atoms with Crippen LogP contribution in [0.2, 0.25) is 10.0 Å². The quantitative estimate of drug-likeness (QED) is 0.465. The molecule has 1 N–H and O–H groups in total. The summed E-state index contributed by atoms with van der Waals surface area (Å²) in [5.41, 5.74) is 3.19. The van der Waals surface area contributed by atoms with E-state index in [4.69, 9.17) is 27.9 Å². The molecule has 2 aromatic carbocycles. The third kappa shape index (κ3) is 4.45. The maximum atomic E-state index is 12.5. The number of benzene rings is 2. The molecule has 0 saturated carbocycles. The Hall–Kier alpha value is -3.23. The normalized spacial score (nSPS) is 11.1. The molecule has 0 aliphatic carbocycles. The number of hydrogen-bond acceptors (Lipinski definition) is 6. The molecule has 0 spiro atoms. The summed E-state index contributed by atoms with van der Waals surface area (Å²) in [5, 5.41) is 18.4. The summed E-state index contributed by atoms with van der Waals surface area (Å²) in [5.74, 6) is 0.649. The highest BCUT2D eigenvalue weighted by Crippen LogP contribution is 2.30. The highest BCUT2D eigenvalue weighted by atomic mass is 35.5. The zero-order valence-corrected chi connectivity index (χ0v) is 18.2. The van der Waals surface area contributed by atoms with Gasteiger partial charge >= 0.3 is 0 Å². The number of H-pyrrole nitrogens is 1. The van der Waals surface area contributed by atoms with Crippen LogP contribution in [-0.4, -0.2) is 36.5 Å². The lowest BCUT2D eigenvalue weighted by Crippen LogP contribution is -2.25. The smallest absolute Gasteiger partial charge is 0.287 e. The number of nitrogens with one attached hydrogen (secondary N) is 1. The second-order valence-corrected chi connectivity index (χ2v) is 7.80. The minimum atomic E-state index is -0.477. The topological polar surface area (TPSA) is 98.6 Å². The molecule has 2 heterocycles. The molecule has 158 valence electrons. The lowest BCUT2D eigenvalue weighted by Gasteiger charge is -2.14. The maximum Gasteiger partial charge on any atom is 0.287 e. The predicted octanol–water partition coefficient (Wildman–Crippen LogP) is 4.23. The van der Waals surface area contributed by atoms with Crippen LogP contribution >= 0.6 is 23.2 Å². The lowest BCUT2D eigenvalue weighted by molar-refractivity contribution is 0.226. The van der Waals surface area contributed by atoms with Crippen molar-refractivity contribution < 1.29 is 4.74 Å². The van der Waals surface area contributed by atoms with Crippen molar-refractivity contribution in [2.75, 3.05) is 0 Å². The molecule has 8 nitrogen and oxygen atoms in total. The van der Waals surface area contributed by atoms with Gasteiger partial charge in [0, 0.05) is 5.56 Å². The predicted molar refractivity (Wildman–Crippen MR) is 118 cm³/mol. The Morgan fingerprint density at radius 1 is 1.03 bits per heavy atom. The van der Waals surface area contributed by atoms with E-state index in [2.05, 4.69) is 25.7 Å². The van der Waals surface area contributed by atoms with Crippen LogP contribution in [0.1, 0.15) is 19.4 Å². The minimum Gasteiger partial charge on any atom is -0.473 e. The number of hydrogen-bond donors (Lipinski definition) is 1. The standard InChI is InChI=1S/C21H18Cl2N6O2/c1-12(2)31-20-17(22)18(23)21(30)29(26-20)11-13-7-9-14(10-8-13)15-5-3-4-6-16(15)19-24-27-28-25-19/h3-10,12H,11H2,1-2H3,(H,24,25,27,28). The Balaban J connectivity index is 1.64. The molecule has 10 heteroatoms. The average Bonchev–Trinajstić information content (AvgIpc) is 3.31. The van der Waals surface area contributed by atoms with Gasteiger partial charge in [0.05, 0.1) is 12.6 Å². The summed E-state index contributed by atoms with van der Waals surface area (Å²) in [6.45, 7) is 3.90. The molecule has 31 heavy (non-hydrogen) atoms. The first-order valence-corrected chi connectivity index (χ1v) is 10.2. The van der Waals surface area contributed by atoms with Gasteiger partial charge < -0.3 is 4.74 Å². The largest absolute Gasteiger partial charge is 0.473 e. The molecular formula is C21H18Cl2N6O2. The second kappa shape index (κ2) is 8.87. The van der Waals surface area contributed by atoms with Crippen LogP contribution in [0.3, 0.4) is 0 Å². The molecule has 0 radical (unpaired) electrons. The number of ether oxygens (including phenoxy) is 1. The summed E-state index contributed by atoms with van der Waals surface area (Å²) in [6.07, 6.45) is -0.162. The van der Waals surface area contributed by atoms with Gasteiger partial charge in [-0.2, -0.15) is 5.21 Å². The fourth-order valence-corrected chi connectivity index (χ4v) is 3.42. The van der Waals surface area contributed by atoms with Gasteiger partial charge in [0.2, 0.25) is 5.82 Å². The lowest BCUT2D eigenvalue weighted by atomic mass is 9.98. The highest BCUT2D eigenvalue weighted by Gasteiger charge is 2.17. The van der Waals surface area contributed by atoms with Crippen molar-refractivity contribution in [1.29, 1.82) is 0 Å². The van der Waals surface area contributed by atoms with Gasteiger partial charge in [0.1, 0.15) is 10.0 Å². The van der Waals surface area contributed by atoms with Crippen molar-refractivity contribution in [2.45, 2.75) is 26.5 Å². The zero-order chi connectivity index (χ0) is 22.0. The van der Waals surface area contributed by atoms with Crippen molar-refractivity contribution in [3.05, 3.63) is 74.5 Å². The Morgan fingerprint density at radius 3 is 2.39 bits per heavy atom. The van der Waals surface area contributed by atoms with Crippen molar-refractivity contribution >= 4 is 23.2 Å². The van der Waals surface area contributed by atoms with Gasteiger partial charge in [-0.25, -0.2) is 4.68 Å². The SMILES string of the molecule is CC(C)Oc1nn(Cc2ccc(-c3ccccc3-c3nn[nH]n3)cc2)c(=O)c(Cl)c1Cl. The Kier molecular flexibility index (Phi) is 6.01. The maximum absolute atomic E-state index is 12.5. The Bertz CT molecular complexity index is 1250. The minimum absolute atomic E-state index is 0.0186. The van der Waals surface area contributed by atoms with E-state index < -0.39 is 5.56 Å². The van der Waals surface area contributed by atoms with Crippen molar-refractivity contribution in [2.24, 2.45) is 0 Å². The van der Waals surface area contributed by atoms with Crippen LogP contribution < -0.4 is 10.3 Å². The number of aromatic amines is 1.